The van der Waals surface area contributed by atoms with Crippen LogP contribution in [0.1, 0.15) is 41.4 Å². The molecule has 14 heteroatoms. The molecular formula is C34H24I2N4O6S2. The number of imide groups is 2. The van der Waals surface area contributed by atoms with Gasteiger partial charge < -0.3 is 9.47 Å². The number of hydrogen-bond donors (Lipinski definition) is 0. The van der Waals surface area contributed by atoms with Gasteiger partial charge in [0.05, 0.1) is 46.7 Å². The minimum atomic E-state index is -0.365. The molecule has 0 N–H and O–H groups in total. The Bertz CT molecular complexity index is 1740. The molecule has 2 heterocycles. The van der Waals surface area contributed by atoms with Crippen molar-refractivity contribution in [3.05, 3.63) is 126 Å². The first kappa shape index (κ1) is 34.1. The van der Waals surface area contributed by atoms with E-state index in [4.69, 9.17) is 9.47 Å². The lowest BCUT2D eigenvalue weighted by Gasteiger charge is -2.16. The number of rotatable bonds is 8. The molecule has 0 fully saturated rings. The fraction of sp³-hybridized carbons (Fsp3) is 0.118. The standard InChI is InChI=1S/C34H24I2N4O6S2/c35-21-9-13-23(14-10-21)37-33(45-19-17-39-29(41)25-5-1-2-6-26(25)30(39)42)47-48-34(38-24-15-11-22(36)12-16-24)46-20-18-40-31(43)27-7-3-4-8-28(27)32(40)44/h1-16H,17-20H2. The van der Waals surface area contributed by atoms with Crippen molar-refractivity contribution >= 4 is 112 Å². The summed E-state index contributed by atoms with van der Waals surface area (Å²) in [5.74, 6) is -1.46. The van der Waals surface area contributed by atoms with E-state index in [0.29, 0.717) is 33.6 Å². The van der Waals surface area contributed by atoms with E-state index >= 15 is 0 Å². The van der Waals surface area contributed by atoms with Crippen LogP contribution in [0, 0.1) is 7.14 Å². The third-order valence-corrected chi connectivity index (χ3v) is 10.4. The van der Waals surface area contributed by atoms with Gasteiger partial charge in [0.25, 0.3) is 34.1 Å². The van der Waals surface area contributed by atoms with E-state index in [1.807, 2.05) is 48.5 Å². The summed E-state index contributed by atoms with van der Waals surface area (Å²) >= 11 is 4.42. The molecule has 0 saturated heterocycles. The van der Waals surface area contributed by atoms with Gasteiger partial charge in [0.1, 0.15) is 13.2 Å². The summed E-state index contributed by atoms with van der Waals surface area (Å²) in [6, 6.07) is 28.5. The molecule has 0 atom stereocenters. The van der Waals surface area contributed by atoms with Gasteiger partial charge >= 0.3 is 0 Å². The van der Waals surface area contributed by atoms with Crippen molar-refractivity contribution in [3.8, 4) is 0 Å². The Morgan fingerprint density at radius 2 is 0.833 bits per heavy atom. The van der Waals surface area contributed by atoms with Gasteiger partial charge in [-0.3, -0.25) is 29.0 Å². The smallest absolute Gasteiger partial charge is 0.262 e. The normalized spacial score (nSPS) is 14.5. The molecule has 0 aliphatic carbocycles. The van der Waals surface area contributed by atoms with Crippen molar-refractivity contribution < 1.29 is 28.7 Å². The number of nitrogens with zero attached hydrogens (tertiary/aromatic N) is 4. The zero-order chi connectivity index (χ0) is 33.6. The first-order chi connectivity index (χ1) is 23.3. The maximum atomic E-state index is 12.8. The van der Waals surface area contributed by atoms with Crippen LogP contribution >= 0.6 is 66.8 Å². The van der Waals surface area contributed by atoms with Crippen LogP contribution in [0.3, 0.4) is 0 Å². The van der Waals surface area contributed by atoms with Crippen LogP contribution in [0.25, 0.3) is 0 Å². The van der Waals surface area contributed by atoms with Crippen LogP contribution in [-0.2, 0) is 9.47 Å². The van der Waals surface area contributed by atoms with Crippen molar-refractivity contribution in [2.24, 2.45) is 9.98 Å². The second kappa shape index (κ2) is 15.7. The number of carbonyl (C=O) groups excluding carboxylic acids is 4. The van der Waals surface area contributed by atoms with Gasteiger partial charge in [-0.25, -0.2) is 9.98 Å². The Morgan fingerprint density at radius 3 is 1.15 bits per heavy atom. The Hall–Kier alpha value is -3.74. The molecule has 0 spiro atoms. The molecule has 4 aromatic carbocycles. The molecule has 4 aromatic rings. The summed E-state index contributed by atoms with van der Waals surface area (Å²) in [7, 11) is 2.29. The second-order valence-corrected chi connectivity index (χ2v) is 14.7. The quantitative estimate of drug-likeness (QED) is 0.0585. The van der Waals surface area contributed by atoms with Crippen LogP contribution in [-0.4, -0.2) is 70.2 Å². The molecule has 2 aliphatic rings. The number of amides is 4. The fourth-order valence-electron chi connectivity index (χ4n) is 4.80. The van der Waals surface area contributed by atoms with Gasteiger partial charge in [-0.1, -0.05) is 24.3 Å². The molecular weight excluding hydrogens is 878 g/mol. The van der Waals surface area contributed by atoms with Gasteiger partial charge in [0.15, 0.2) is 0 Å². The zero-order valence-corrected chi connectivity index (χ0v) is 30.8. The first-order valence-corrected chi connectivity index (χ1v) is 18.8. The van der Waals surface area contributed by atoms with Crippen LogP contribution in [0.15, 0.2) is 107 Å². The molecule has 48 heavy (non-hydrogen) atoms. The van der Waals surface area contributed by atoms with E-state index in [2.05, 4.69) is 55.2 Å². The van der Waals surface area contributed by atoms with Crippen molar-refractivity contribution in [1.29, 1.82) is 0 Å². The van der Waals surface area contributed by atoms with E-state index in [-0.39, 0.29) is 60.4 Å². The van der Waals surface area contributed by atoms with Crippen molar-refractivity contribution in [2.45, 2.75) is 0 Å². The average Bonchev–Trinajstić information content (AvgIpc) is 3.49. The Kier molecular flexibility index (Phi) is 11.1. The molecule has 0 saturated carbocycles. The van der Waals surface area contributed by atoms with Crippen molar-refractivity contribution in [3.63, 3.8) is 0 Å². The van der Waals surface area contributed by atoms with Gasteiger partial charge in [-0.15, -0.1) is 0 Å². The lowest BCUT2D eigenvalue weighted by atomic mass is 10.1. The van der Waals surface area contributed by atoms with Gasteiger partial charge in [-0.2, -0.15) is 0 Å². The fourth-order valence-corrected chi connectivity index (χ4v) is 7.15. The van der Waals surface area contributed by atoms with E-state index in [1.165, 1.54) is 0 Å². The number of aliphatic imine (C=N–C) groups is 2. The highest BCUT2D eigenvalue weighted by Gasteiger charge is 2.36. The lowest BCUT2D eigenvalue weighted by Crippen LogP contribution is -2.33. The van der Waals surface area contributed by atoms with Crippen molar-refractivity contribution in [2.75, 3.05) is 26.3 Å². The molecule has 10 nitrogen and oxygen atoms in total. The monoisotopic (exact) mass is 902 g/mol. The molecule has 0 aromatic heterocycles. The molecule has 0 bridgehead atoms. The number of benzene rings is 4. The van der Waals surface area contributed by atoms with Crippen LogP contribution < -0.4 is 0 Å². The van der Waals surface area contributed by atoms with Gasteiger partial charge in [0, 0.05) is 28.7 Å². The third kappa shape index (κ3) is 7.93. The summed E-state index contributed by atoms with van der Waals surface area (Å²) < 4.78 is 14.2. The number of fused-ring (bicyclic) bond motifs is 2. The number of ether oxygens (including phenoxy) is 2. The maximum Gasteiger partial charge on any atom is 0.262 e. The molecule has 6 rings (SSSR count). The predicted molar refractivity (Wildman–Crippen MR) is 203 cm³/mol. The highest BCUT2D eigenvalue weighted by atomic mass is 127. The minimum absolute atomic E-state index is 0.00638. The van der Waals surface area contributed by atoms with Crippen LogP contribution in [0.2, 0.25) is 0 Å². The van der Waals surface area contributed by atoms with E-state index < -0.39 is 0 Å². The van der Waals surface area contributed by atoms with E-state index in [9.17, 15) is 19.2 Å². The second-order valence-electron chi connectivity index (χ2n) is 10.2. The topological polar surface area (TPSA) is 118 Å². The van der Waals surface area contributed by atoms with Crippen LogP contribution in [0.5, 0.6) is 0 Å². The number of hydrogen-bond acceptors (Lipinski definition) is 10. The van der Waals surface area contributed by atoms with Gasteiger partial charge in [-0.05, 0) is 118 Å². The van der Waals surface area contributed by atoms with E-state index in [0.717, 1.165) is 38.5 Å². The Labute approximate surface area is 311 Å². The highest BCUT2D eigenvalue weighted by Crippen LogP contribution is 2.31. The Balaban J connectivity index is 1.15. The summed E-state index contributed by atoms with van der Waals surface area (Å²) in [4.78, 5) is 63.0. The molecule has 4 amide bonds. The number of halogens is 2. The first-order valence-electron chi connectivity index (χ1n) is 14.5. The summed E-state index contributed by atoms with van der Waals surface area (Å²) in [6.45, 7) is 0.0756. The Morgan fingerprint density at radius 1 is 0.521 bits per heavy atom. The SMILES string of the molecule is O=C1c2ccccc2C(=O)N1CCOC(=Nc1ccc(I)cc1)SSC(=Nc1ccc(I)cc1)OCCN1C(=O)c2ccccc2C1=O. The zero-order valence-electron chi connectivity index (χ0n) is 24.9. The maximum absolute atomic E-state index is 12.8. The highest BCUT2D eigenvalue weighted by molar-refractivity contribution is 14.1. The number of carbonyl (C=O) groups is 4. The molecule has 242 valence electrons. The molecule has 0 radical (unpaired) electrons. The predicted octanol–water partition coefficient (Wildman–Crippen LogP) is 7.58. The minimum Gasteiger partial charge on any atom is -0.470 e. The van der Waals surface area contributed by atoms with Crippen LogP contribution in [0.4, 0.5) is 11.4 Å². The molecule has 0 unspecified atom stereocenters. The van der Waals surface area contributed by atoms with Crippen molar-refractivity contribution in [1.82, 2.24) is 9.80 Å². The third-order valence-electron chi connectivity index (χ3n) is 7.12. The summed E-state index contributed by atoms with van der Waals surface area (Å²) in [5.41, 5.74) is 2.76. The lowest BCUT2D eigenvalue weighted by molar-refractivity contribution is 0.0615. The molecule has 2 aliphatic heterocycles. The average molecular weight is 903 g/mol. The van der Waals surface area contributed by atoms with Gasteiger partial charge in [0.2, 0.25) is 0 Å². The summed E-state index contributed by atoms with van der Waals surface area (Å²) in [5, 5.41) is 0.495. The summed E-state index contributed by atoms with van der Waals surface area (Å²) in [6.07, 6.45) is 0. The largest absolute Gasteiger partial charge is 0.470 e. The van der Waals surface area contributed by atoms with E-state index in [1.54, 1.807) is 48.5 Å².